The molecule has 0 saturated heterocycles. The number of benzene rings is 1. The van der Waals surface area contributed by atoms with E-state index in [1.54, 1.807) is 6.92 Å². The average molecular weight is 448 g/mol. The lowest BCUT2D eigenvalue weighted by Crippen LogP contribution is -2.27. The summed E-state index contributed by atoms with van der Waals surface area (Å²) in [5.41, 5.74) is 0.433. The molecule has 31 heavy (non-hydrogen) atoms. The van der Waals surface area contributed by atoms with Gasteiger partial charge in [0.25, 0.3) is 5.91 Å². The van der Waals surface area contributed by atoms with Gasteiger partial charge in [-0.05, 0) is 31.2 Å². The standard InChI is InChI=1S/C18H14F6N4O3/c1-9(13-5-3-11(7-25-13)30-8-17(19,20)21)26-16(29)15-12-4-2-10(31-18(22,23)24)6-14(12)27-28-15/h2-7,9H,8H2,1H3,(H,26,29)(H,27,28). The van der Waals surface area contributed by atoms with Crippen molar-refractivity contribution in [2.75, 3.05) is 6.61 Å². The smallest absolute Gasteiger partial charge is 0.483 e. The highest BCUT2D eigenvalue weighted by molar-refractivity contribution is 6.05. The van der Waals surface area contributed by atoms with Gasteiger partial charge in [-0.3, -0.25) is 14.9 Å². The zero-order valence-electron chi connectivity index (χ0n) is 15.6. The van der Waals surface area contributed by atoms with Gasteiger partial charge >= 0.3 is 12.5 Å². The van der Waals surface area contributed by atoms with Crippen molar-refractivity contribution in [2.45, 2.75) is 25.5 Å². The summed E-state index contributed by atoms with van der Waals surface area (Å²) in [6.07, 6.45) is -8.24. The van der Waals surface area contributed by atoms with Crippen molar-refractivity contribution in [1.29, 1.82) is 0 Å². The van der Waals surface area contributed by atoms with Gasteiger partial charge in [0.1, 0.15) is 11.5 Å². The Hall–Kier alpha value is -3.51. The summed E-state index contributed by atoms with van der Waals surface area (Å²) >= 11 is 0. The Morgan fingerprint density at radius 2 is 1.84 bits per heavy atom. The first-order valence-electron chi connectivity index (χ1n) is 8.61. The number of ether oxygens (including phenoxy) is 2. The number of hydrogen-bond acceptors (Lipinski definition) is 5. The van der Waals surface area contributed by atoms with Crippen molar-refractivity contribution in [1.82, 2.24) is 20.5 Å². The number of aromatic nitrogens is 3. The van der Waals surface area contributed by atoms with Crippen LogP contribution >= 0.6 is 0 Å². The minimum absolute atomic E-state index is 0.0643. The maximum Gasteiger partial charge on any atom is 0.573 e. The molecule has 2 aromatic heterocycles. The molecule has 0 bridgehead atoms. The second-order valence-electron chi connectivity index (χ2n) is 6.35. The number of nitrogens with one attached hydrogen (secondary N) is 2. The van der Waals surface area contributed by atoms with Crippen LogP contribution in [0, 0.1) is 0 Å². The van der Waals surface area contributed by atoms with E-state index >= 15 is 0 Å². The Morgan fingerprint density at radius 3 is 2.45 bits per heavy atom. The zero-order valence-corrected chi connectivity index (χ0v) is 15.6. The van der Waals surface area contributed by atoms with Crippen LogP contribution in [-0.2, 0) is 0 Å². The lowest BCUT2D eigenvalue weighted by Gasteiger charge is -2.14. The lowest BCUT2D eigenvalue weighted by molar-refractivity contribution is -0.274. The number of carbonyl (C=O) groups excluding carboxylic acids is 1. The van der Waals surface area contributed by atoms with Crippen LogP contribution in [0.1, 0.15) is 29.1 Å². The molecule has 1 atom stereocenters. The van der Waals surface area contributed by atoms with Crippen LogP contribution in [0.5, 0.6) is 11.5 Å². The highest BCUT2D eigenvalue weighted by Crippen LogP contribution is 2.27. The molecule has 0 spiro atoms. The van der Waals surface area contributed by atoms with Gasteiger partial charge in [-0.15, -0.1) is 13.2 Å². The van der Waals surface area contributed by atoms with Crippen molar-refractivity contribution in [3.63, 3.8) is 0 Å². The summed E-state index contributed by atoms with van der Waals surface area (Å²) < 4.78 is 81.9. The Morgan fingerprint density at radius 1 is 1.13 bits per heavy atom. The van der Waals surface area contributed by atoms with E-state index in [4.69, 9.17) is 0 Å². The van der Waals surface area contributed by atoms with Crippen LogP contribution in [0.15, 0.2) is 36.5 Å². The summed E-state index contributed by atoms with van der Waals surface area (Å²) in [5.74, 6) is -1.20. The molecular formula is C18H14F6N4O3. The fraction of sp³-hybridized carbons (Fsp3) is 0.278. The first kappa shape index (κ1) is 22.2. The van der Waals surface area contributed by atoms with Gasteiger partial charge < -0.3 is 14.8 Å². The highest BCUT2D eigenvalue weighted by Gasteiger charge is 2.31. The number of pyridine rings is 1. The minimum Gasteiger partial charge on any atom is -0.483 e. The van der Waals surface area contributed by atoms with Crippen LogP contribution in [0.2, 0.25) is 0 Å². The third-order valence-electron chi connectivity index (χ3n) is 3.94. The van der Waals surface area contributed by atoms with Crippen molar-refractivity contribution < 1.29 is 40.6 Å². The molecule has 3 aromatic rings. The van der Waals surface area contributed by atoms with Gasteiger partial charge in [0, 0.05) is 11.5 Å². The van der Waals surface area contributed by atoms with E-state index in [9.17, 15) is 31.1 Å². The highest BCUT2D eigenvalue weighted by atomic mass is 19.4. The van der Waals surface area contributed by atoms with E-state index in [-0.39, 0.29) is 22.3 Å². The average Bonchev–Trinajstić information content (AvgIpc) is 3.08. The molecule has 2 N–H and O–H groups in total. The van der Waals surface area contributed by atoms with Crippen molar-refractivity contribution in [2.24, 2.45) is 0 Å². The minimum atomic E-state index is -4.86. The quantitative estimate of drug-likeness (QED) is 0.550. The van der Waals surface area contributed by atoms with Gasteiger partial charge in [0.05, 0.1) is 23.4 Å². The maximum atomic E-state index is 12.5. The number of halogens is 6. The number of amides is 1. The van der Waals surface area contributed by atoms with E-state index in [0.717, 1.165) is 18.3 Å². The summed E-state index contributed by atoms with van der Waals surface area (Å²) in [5, 5.41) is 9.15. The molecule has 2 heterocycles. The number of H-pyrrole nitrogens is 1. The van der Waals surface area contributed by atoms with Crippen LogP contribution < -0.4 is 14.8 Å². The number of alkyl halides is 6. The molecule has 0 aliphatic heterocycles. The predicted octanol–water partition coefficient (Wildman–Crippen LogP) is 4.29. The fourth-order valence-electron chi connectivity index (χ4n) is 2.61. The second-order valence-corrected chi connectivity index (χ2v) is 6.35. The summed E-state index contributed by atoms with van der Waals surface area (Å²) in [6, 6.07) is 5.38. The molecule has 0 fully saturated rings. The Bertz CT molecular complexity index is 1060. The molecule has 0 aliphatic rings. The molecule has 0 saturated carbocycles. The van der Waals surface area contributed by atoms with Crippen molar-refractivity contribution in [3.8, 4) is 11.5 Å². The second kappa shape index (κ2) is 8.32. The summed E-state index contributed by atoms with van der Waals surface area (Å²) in [4.78, 5) is 16.5. The van der Waals surface area contributed by atoms with Crippen LogP contribution in [0.25, 0.3) is 10.9 Å². The number of hydrogen-bond donors (Lipinski definition) is 2. The normalized spacial score (nSPS) is 13.1. The number of carbonyl (C=O) groups is 1. The van der Waals surface area contributed by atoms with Crippen LogP contribution in [0.3, 0.4) is 0 Å². The zero-order chi connectivity index (χ0) is 22.8. The van der Waals surface area contributed by atoms with Crippen LogP contribution in [-0.4, -0.2) is 40.2 Å². The predicted molar refractivity (Wildman–Crippen MR) is 94.4 cm³/mol. The molecule has 1 amide bonds. The Labute approximate surface area is 170 Å². The maximum absolute atomic E-state index is 12.5. The van der Waals surface area contributed by atoms with Gasteiger partial charge in [-0.2, -0.15) is 18.3 Å². The van der Waals surface area contributed by atoms with Gasteiger partial charge in [0.15, 0.2) is 12.3 Å². The first-order valence-corrected chi connectivity index (χ1v) is 8.61. The van der Waals surface area contributed by atoms with E-state index in [0.29, 0.717) is 5.69 Å². The van der Waals surface area contributed by atoms with Crippen LogP contribution in [0.4, 0.5) is 26.3 Å². The molecule has 7 nitrogen and oxygen atoms in total. The van der Waals surface area contributed by atoms with Gasteiger partial charge in [-0.25, -0.2) is 0 Å². The molecule has 0 aliphatic carbocycles. The van der Waals surface area contributed by atoms with Gasteiger partial charge in [0.2, 0.25) is 0 Å². The molecule has 1 aromatic carbocycles. The topological polar surface area (TPSA) is 89.1 Å². The Balaban J connectivity index is 1.67. The third-order valence-corrected chi connectivity index (χ3v) is 3.94. The molecule has 13 heteroatoms. The van der Waals surface area contributed by atoms with Gasteiger partial charge in [-0.1, -0.05) is 0 Å². The summed E-state index contributed by atoms with van der Waals surface area (Å²) in [6.45, 7) is 0.128. The van der Waals surface area contributed by atoms with E-state index in [2.05, 4.69) is 30.0 Å². The fourth-order valence-corrected chi connectivity index (χ4v) is 2.61. The van der Waals surface area contributed by atoms with E-state index in [1.165, 1.54) is 18.2 Å². The number of fused-ring (bicyclic) bond motifs is 1. The molecular weight excluding hydrogens is 434 g/mol. The summed E-state index contributed by atoms with van der Waals surface area (Å²) in [7, 11) is 0. The van der Waals surface area contributed by atoms with Crippen molar-refractivity contribution in [3.05, 3.63) is 47.9 Å². The third kappa shape index (κ3) is 5.99. The first-order chi connectivity index (χ1) is 14.4. The molecule has 1 unspecified atom stereocenters. The lowest BCUT2D eigenvalue weighted by atomic mass is 10.1. The molecule has 166 valence electrons. The SMILES string of the molecule is CC(NC(=O)c1n[nH]c2cc(OC(F)(F)F)ccc12)c1ccc(OCC(F)(F)F)cn1. The number of rotatable bonds is 6. The van der Waals surface area contributed by atoms with Crippen molar-refractivity contribution >= 4 is 16.8 Å². The monoisotopic (exact) mass is 448 g/mol. The van der Waals surface area contributed by atoms with E-state index in [1.807, 2.05) is 0 Å². The Kier molecular flexibility index (Phi) is 5.95. The largest absolute Gasteiger partial charge is 0.573 e. The van der Waals surface area contributed by atoms with E-state index < -0.39 is 36.8 Å². The number of nitrogens with zero attached hydrogens (tertiary/aromatic N) is 2. The molecule has 3 rings (SSSR count). The molecule has 0 radical (unpaired) electrons. The number of aromatic amines is 1.